The van der Waals surface area contributed by atoms with E-state index < -0.39 is 27.3 Å². The van der Waals surface area contributed by atoms with Crippen molar-refractivity contribution in [2.75, 3.05) is 11.3 Å². The molecule has 0 fully saturated rings. The molecule has 0 aliphatic rings. The Hall–Kier alpha value is -1.93. The number of rotatable bonds is 6. The first kappa shape index (κ1) is 15.5. The van der Waals surface area contributed by atoms with Crippen molar-refractivity contribution < 1.29 is 17.2 Å². The van der Waals surface area contributed by atoms with Crippen LogP contribution in [0.4, 0.5) is 14.5 Å². The molecule has 0 saturated heterocycles. The molecule has 5 nitrogen and oxygen atoms in total. The zero-order valence-electron chi connectivity index (χ0n) is 11.3. The minimum Gasteiger partial charge on any atom is -0.363 e. The summed E-state index contributed by atoms with van der Waals surface area (Å²) in [5.41, 5.74) is -0.0295. The summed E-state index contributed by atoms with van der Waals surface area (Å²) in [4.78, 5) is 2.71. The number of aromatic nitrogens is 1. The molecule has 3 N–H and O–H groups in total. The predicted molar refractivity (Wildman–Crippen MR) is 75.3 cm³/mol. The van der Waals surface area contributed by atoms with Gasteiger partial charge in [0.25, 0.3) is 10.0 Å². The first-order valence-corrected chi connectivity index (χ1v) is 7.77. The van der Waals surface area contributed by atoms with Crippen molar-refractivity contribution in [2.24, 2.45) is 0 Å². The predicted octanol–water partition coefficient (Wildman–Crippen LogP) is 2.20. The summed E-state index contributed by atoms with van der Waals surface area (Å²) in [6.07, 6.45) is 1.27. The molecule has 0 unspecified atom stereocenters. The van der Waals surface area contributed by atoms with E-state index in [1.807, 2.05) is 11.6 Å². The average Bonchev–Trinajstić information content (AvgIpc) is 2.90. The molecule has 0 amide bonds. The maximum Gasteiger partial charge on any atom is 0.263 e. The molecular formula is C13H15F2N3O2S. The van der Waals surface area contributed by atoms with Crippen LogP contribution in [0.15, 0.2) is 35.4 Å². The van der Waals surface area contributed by atoms with Crippen LogP contribution in [0.2, 0.25) is 0 Å². The fourth-order valence-corrected chi connectivity index (χ4v) is 2.82. The second kappa shape index (κ2) is 6.23. The standard InChI is InChI=1S/C13H15F2N3O2S/c1-2-16-7-9-6-10(8-17-9)21(19,20)18-13-11(14)4-3-5-12(13)15/h3-6,8,16-18H,2,7H2,1H3. The summed E-state index contributed by atoms with van der Waals surface area (Å²) in [5, 5.41) is 3.03. The van der Waals surface area contributed by atoms with Gasteiger partial charge < -0.3 is 10.3 Å². The molecule has 21 heavy (non-hydrogen) atoms. The third-order valence-electron chi connectivity index (χ3n) is 2.79. The Labute approximate surface area is 121 Å². The van der Waals surface area contributed by atoms with Crippen LogP contribution in [0.25, 0.3) is 0 Å². The van der Waals surface area contributed by atoms with Crippen LogP contribution in [-0.2, 0) is 16.6 Å². The molecule has 0 saturated carbocycles. The Bertz CT molecular complexity index is 709. The highest BCUT2D eigenvalue weighted by Gasteiger charge is 2.20. The smallest absolute Gasteiger partial charge is 0.263 e. The molecule has 0 atom stereocenters. The molecule has 114 valence electrons. The van der Waals surface area contributed by atoms with Gasteiger partial charge in [0.2, 0.25) is 0 Å². The summed E-state index contributed by atoms with van der Waals surface area (Å²) in [7, 11) is -4.05. The molecule has 1 aromatic carbocycles. The van der Waals surface area contributed by atoms with Crippen molar-refractivity contribution in [3.63, 3.8) is 0 Å². The van der Waals surface area contributed by atoms with Crippen molar-refractivity contribution in [3.05, 3.63) is 47.8 Å². The van der Waals surface area contributed by atoms with E-state index >= 15 is 0 Å². The molecule has 0 radical (unpaired) electrons. The van der Waals surface area contributed by atoms with Crippen molar-refractivity contribution >= 4 is 15.7 Å². The van der Waals surface area contributed by atoms with E-state index in [9.17, 15) is 17.2 Å². The van der Waals surface area contributed by atoms with E-state index in [2.05, 4.69) is 10.3 Å². The highest BCUT2D eigenvalue weighted by atomic mass is 32.2. The molecule has 1 heterocycles. The number of H-pyrrole nitrogens is 1. The Morgan fingerprint density at radius 3 is 2.52 bits per heavy atom. The van der Waals surface area contributed by atoms with E-state index in [1.165, 1.54) is 12.3 Å². The molecule has 8 heteroatoms. The zero-order valence-corrected chi connectivity index (χ0v) is 12.1. The number of sulfonamides is 1. The normalized spacial score (nSPS) is 11.6. The highest BCUT2D eigenvalue weighted by Crippen LogP contribution is 2.22. The maximum atomic E-state index is 13.5. The van der Waals surface area contributed by atoms with Crippen molar-refractivity contribution in [3.8, 4) is 0 Å². The highest BCUT2D eigenvalue weighted by molar-refractivity contribution is 7.92. The lowest BCUT2D eigenvalue weighted by Crippen LogP contribution is -2.15. The van der Waals surface area contributed by atoms with Gasteiger partial charge in [0.05, 0.1) is 0 Å². The van der Waals surface area contributed by atoms with Crippen LogP contribution in [-0.4, -0.2) is 19.9 Å². The third-order valence-corrected chi connectivity index (χ3v) is 4.12. The molecule has 2 aromatic rings. The monoisotopic (exact) mass is 315 g/mol. The van der Waals surface area contributed by atoms with Gasteiger partial charge >= 0.3 is 0 Å². The van der Waals surface area contributed by atoms with Crippen molar-refractivity contribution in [1.29, 1.82) is 0 Å². The number of hydrogen-bond acceptors (Lipinski definition) is 3. The first-order valence-electron chi connectivity index (χ1n) is 6.29. The maximum absolute atomic E-state index is 13.5. The van der Waals surface area contributed by atoms with Gasteiger partial charge in [-0.1, -0.05) is 13.0 Å². The third kappa shape index (κ3) is 3.59. The summed E-state index contributed by atoms with van der Waals surface area (Å²) >= 11 is 0. The number of aromatic amines is 1. The fraction of sp³-hybridized carbons (Fsp3) is 0.231. The molecular weight excluding hydrogens is 300 g/mol. The van der Waals surface area contributed by atoms with Crippen LogP contribution < -0.4 is 10.0 Å². The van der Waals surface area contributed by atoms with Crippen LogP contribution >= 0.6 is 0 Å². The van der Waals surface area contributed by atoms with E-state index in [1.54, 1.807) is 0 Å². The quantitative estimate of drug-likeness (QED) is 0.765. The second-order valence-electron chi connectivity index (χ2n) is 4.34. The largest absolute Gasteiger partial charge is 0.363 e. The van der Waals surface area contributed by atoms with Crippen molar-refractivity contribution in [2.45, 2.75) is 18.4 Å². The van der Waals surface area contributed by atoms with Crippen LogP contribution in [0.1, 0.15) is 12.6 Å². The van der Waals surface area contributed by atoms with Crippen LogP contribution in [0.3, 0.4) is 0 Å². The number of halogens is 2. The molecule has 0 aliphatic carbocycles. The number of anilines is 1. The summed E-state index contributed by atoms with van der Waals surface area (Å²) < 4.78 is 53.1. The zero-order chi connectivity index (χ0) is 15.5. The number of hydrogen-bond donors (Lipinski definition) is 3. The van der Waals surface area contributed by atoms with Gasteiger partial charge in [-0.05, 0) is 24.7 Å². The molecule has 0 bridgehead atoms. The topological polar surface area (TPSA) is 74.0 Å². The van der Waals surface area contributed by atoms with Gasteiger partial charge in [0, 0.05) is 18.4 Å². The fourth-order valence-electron chi connectivity index (χ4n) is 1.72. The minimum atomic E-state index is -4.05. The lowest BCUT2D eigenvalue weighted by Gasteiger charge is -2.08. The van der Waals surface area contributed by atoms with E-state index in [0.717, 1.165) is 24.7 Å². The average molecular weight is 315 g/mol. The van der Waals surface area contributed by atoms with Gasteiger partial charge in [-0.3, -0.25) is 4.72 Å². The van der Waals surface area contributed by atoms with E-state index in [-0.39, 0.29) is 4.90 Å². The second-order valence-corrected chi connectivity index (χ2v) is 6.03. The lowest BCUT2D eigenvalue weighted by molar-refractivity contribution is 0.583. The van der Waals surface area contributed by atoms with Gasteiger partial charge in [0.1, 0.15) is 22.2 Å². The Morgan fingerprint density at radius 2 is 1.90 bits per heavy atom. The van der Waals surface area contributed by atoms with Crippen molar-refractivity contribution in [1.82, 2.24) is 10.3 Å². The minimum absolute atomic E-state index is 0.0851. The lowest BCUT2D eigenvalue weighted by atomic mass is 10.3. The van der Waals surface area contributed by atoms with Crippen LogP contribution in [0, 0.1) is 11.6 Å². The van der Waals surface area contributed by atoms with Gasteiger partial charge in [-0.25, -0.2) is 17.2 Å². The summed E-state index contributed by atoms with van der Waals surface area (Å²) in [6, 6.07) is 4.53. The van der Waals surface area contributed by atoms with Gasteiger partial charge in [-0.2, -0.15) is 0 Å². The first-order chi connectivity index (χ1) is 9.94. The molecule has 0 spiro atoms. The van der Waals surface area contributed by atoms with Crippen LogP contribution in [0.5, 0.6) is 0 Å². The Balaban J connectivity index is 2.24. The summed E-state index contributed by atoms with van der Waals surface area (Å²) in [6.45, 7) is 3.13. The Kier molecular flexibility index (Phi) is 4.59. The Morgan fingerprint density at radius 1 is 1.24 bits per heavy atom. The number of benzene rings is 1. The SMILES string of the molecule is CCNCc1cc(S(=O)(=O)Nc2c(F)cccc2F)c[nH]1. The molecule has 2 rings (SSSR count). The number of para-hydroxylation sites is 1. The molecule has 0 aliphatic heterocycles. The number of nitrogens with one attached hydrogen (secondary N) is 3. The van der Waals surface area contributed by atoms with E-state index in [0.29, 0.717) is 12.2 Å². The van der Waals surface area contributed by atoms with Gasteiger partial charge in [0.15, 0.2) is 0 Å². The summed E-state index contributed by atoms with van der Waals surface area (Å²) in [5.74, 6) is -1.94. The van der Waals surface area contributed by atoms with E-state index in [4.69, 9.17) is 0 Å². The van der Waals surface area contributed by atoms with Gasteiger partial charge in [-0.15, -0.1) is 0 Å². The molecule has 1 aromatic heterocycles.